The van der Waals surface area contributed by atoms with Gasteiger partial charge < -0.3 is 4.74 Å². The van der Waals surface area contributed by atoms with E-state index in [2.05, 4.69) is 4.74 Å². The minimum atomic E-state index is -3.62. The van der Waals surface area contributed by atoms with Crippen molar-refractivity contribution in [2.24, 2.45) is 0 Å². The summed E-state index contributed by atoms with van der Waals surface area (Å²) in [5.41, 5.74) is 1.37. The number of sulfonamides is 1. The molecule has 0 spiro atoms. The largest absolute Gasteiger partial charge is 0.465 e. The van der Waals surface area contributed by atoms with Crippen LogP contribution in [0, 0.1) is 0 Å². The molecule has 0 aromatic heterocycles. The summed E-state index contributed by atoms with van der Waals surface area (Å²) in [6.45, 7) is 0.858. The first-order valence-electron chi connectivity index (χ1n) is 8.48. The second kappa shape index (κ2) is 8.65. The third-order valence-electron chi connectivity index (χ3n) is 4.47. The average molecular weight is 426 g/mol. The Bertz CT molecular complexity index is 916. The Labute approximate surface area is 168 Å². The van der Waals surface area contributed by atoms with Crippen molar-refractivity contribution >= 4 is 39.4 Å². The normalized spacial score (nSPS) is 18.7. The molecule has 1 atom stereocenters. The predicted octanol–water partition coefficient (Wildman–Crippen LogP) is 4.00. The Morgan fingerprint density at radius 1 is 1.15 bits per heavy atom. The highest BCUT2D eigenvalue weighted by atomic mass is 35.5. The van der Waals surface area contributed by atoms with E-state index in [0.29, 0.717) is 35.8 Å². The summed E-state index contributed by atoms with van der Waals surface area (Å²) < 4.78 is 32.1. The van der Waals surface area contributed by atoms with Crippen LogP contribution in [0.2, 0.25) is 5.02 Å². The van der Waals surface area contributed by atoms with Crippen LogP contribution in [0.1, 0.15) is 27.6 Å². The number of halogens is 1. The fourth-order valence-corrected chi connectivity index (χ4v) is 6.18. The number of methoxy groups -OCH3 is 1. The van der Waals surface area contributed by atoms with E-state index < -0.39 is 16.0 Å². The maximum atomic E-state index is 13.0. The fourth-order valence-electron chi connectivity index (χ4n) is 3.00. The number of carbonyl (C=O) groups excluding carboxylic acids is 1. The van der Waals surface area contributed by atoms with Crippen LogP contribution in [0.15, 0.2) is 53.4 Å². The zero-order valence-electron chi connectivity index (χ0n) is 14.8. The number of carbonyl (C=O) groups is 1. The van der Waals surface area contributed by atoms with E-state index >= 15 is 0 Å². The van der Waals surface area contributed by atoms with Gasteiger partial charge in [-0.1, -0.05) is 29.8 Å². The summed E-state index contributed by atoms with van der Waals surface area (Å²) in [5, 5.41) is 0.880. The van der Waals surface area contributed by atoms with Crippen LogP contribution in [0.3, 0.4) is 0 Å². The molecule has 1 saturated heterocycles. The molecule has 0 unspecified atom stereocenters. The molecule has 8 heteroatoms. The highest BCUT2D eigenvalue weighted by Crippen LogP contribution is 2.38. The topological polar surface area (TPSA) is 63.7 Å². The van der Waals surface area contributed by atoms with E-state index in [1.54, 1.807) is 11.8 Å². The number of esters is 1. The summed E-state index contributed by atoms with van der Waals surface area (Å²) in [6, 6.07) is 13.5. The number of rotatable bonds is 4. The van der Waals surface area contributed by atoms with Crippen LogP contribution in [-0.4, -0.2) is 44.6 Å². The molecule has 3 rings (SSSR count). The van der Waals surface area contributed by atoms with Gasteiger partial charge in [-0.15, -0.1) is 0 Å². The lowest BCUT2D eigenvalue weighted by Crippen LogP contribution is -2.33. The molecule has 0 bridgehead atoms. The molecular formula is C19H20ClNO4S2. The number of thioether (sulfide) groups is 1. The lowest BCUT2D eigenvalue weighted by Gasteiger charge is -2.20. The van der Waals surface area contributed by atoms with Crippen LogP contribution >= 0.6 is 23.4 Å². The Balaban J connectivity index is 1.76. The zero-order chi connectivity index (χ0) is 19.4. The van der Waals surface area contributed by atoms with Gasteiger partial charge in [-0.05, 0) is 42.3 Å². The summed E-state index contributed by atoms with van der Waals surface area (Å²) in [6.07, 6.45) is 0.688. The molecule has 1 fully saturated rings. The first kappa shape index (κ1) is 20.2. The van der Waals surface area contributed by atoms with Crippen LogP contribution in [0.4, 0.5) is 0 Å². The summed E-state index contributed by atoms with van der Waals surface area (Å²) in [4.78, 5) is 11.7. The molecule has 0 saturated carbocycles. The number of nitrogens with zero attached hydrogens (tertiary/aromatic N) is 1. The smallest absolute Gasteiger partial charge is 0.337 e. The first-order chi connectivity index (χ1) is 12.9. The maximum absolute atomic E-state index is 13.0. The molecule has 0 aliphatic carbocycles. The van der Waals surface area contributed by atoms with Gasteiger partial charge in [0.2, 0.25) is 10.0 Å². The molecule has 0 N–H and O–H groups in total. The second-order valence-electron chi connectivity index (χ2n) is 6.09. The molecule has 2 aromatic carbocycles. The fraction of sp³-hybridized carbons (Fsp3) is 0.316. The van der Waals surface area contributed by atoms with Gasteiger partial charge in [-0.25, -0.2) is 13.2 Å². The van der Waals surface area contributed by atoms with Gasteiger partial charge in [-0.2, -0.15) is 16.1 Å². The van der Waals surface area contributed by atoms with Crippen LogP contribution in [-0.2, 0) is 14.8 Å². The minimum Gasteiger partial charge on any atom is -0.465 e. The molecule has 144 valence electrons. The Hall–Kier alpha value is -1.54. The van der Waals surface area contributed by atoms with Crippen molar-refractivity contribution in [3.63, 3.8) is 0 Å². The molecule has 5 nitrogen and oxygen atoms in total. The zero-order valence-corrected chi connectivity index (χ0v) is 17.2. The molecule has 1 aliphatic heterocycles. The predicted molar refractivity (Wildman–Crippen MR) is 108 cm³/mol. The van der Waals surface area contributed by atoms with Crippen LogP contribution in [0.25, 0.3) is 0 Å². The van der Waals surface area contributed by atoms with Crippen molar-refractivity contribution in [1.29, 1.82) is 0 Å². The molecule has 0 amide bonds. The van der Waals surface area contributed by atoms with E-state index in [1.807, 2.05) is 24.3 Å². The number of ether oxygens (including phenoxy) is 1. The highest BCUT2D eigenvalue weighted by Gasteiger charge is 2.29. The van der Waals surface area contributed by atoms with Gasteiger partial charge in [0, 0.05) is 29.1 Å². The SMILES string of the molecule is COC(=O)c1ccc(S(=O)(=O)N2CCS[C@H](c3ccccc3Cl)CC2)cc1. The molecule has 2 aromatic rings. The quantitative estimate of drug-likeness (QED) is 0.693. The van der Waals surface area contributed by atoms with E-state index in [0.717, 1.165) is 5.56 Å². The Kier molecular flexibility index (Phi) is 6.47. The van der Waals surface area contributed by atoms with E-state index in [9.17, 15) is 13.2 Å². The monoisotopic (exact) mass is 425 g/mol. The third kappa shape index (κ3) is 4.48. The molecule has 27 heavy (non-hydrogen) atoms. The van der Waals surface area contributed by atoms with Crippen molar-refractivity contribution in [1.82, 2.24) is 4.31 Å². The molecular weight excluding hydrogens is 406 g/mol. The average Bonchev–Trinajstić information content (AvgIpc) is 2.94. The van der Waals surface area contributed by atoms with Crippen LogP contribution in [0.5, 0.6) is 0 Å². The number of hydrogen-bond acceptors (Lipinski definition) is 5. The Morgan fingerprint density at radius 2 is 1.85 bits per heavy atom. The molecule has 0 radical (unpaired) electrons. The molecule has 1 aliphatic rings. The standard InChI is InChI=1S/C19H20ClNO4S2/c1-25-19(22)14-6-8-15(9-7-14)27(23,24)21-11-10-18(26-13-12-21)16-4-2-3-5-17(16)20/h2-9,18H,10-13H2,1H3/t18-/m0/s1. The van der Waals surface area contributed by atoms with Crippen molar-refractivity contribution in [2.75, 3.05) is 26.0 Å². The lowest BCUT2D eigenvalue weighted by atomic mass is 10.1. The Morgan fingerprint density at radius 3 is 2.52 bits per heavy atom. The van der Waals surface area contributed by atoms with Crippen molar-refractivity contribution in [3.8, 4) is 0 Å². The van der Waals surface area contributed by atoms with Gasteiger partial charge in [0.25, 0.3) is 0 Å². The van der Waals surface area contributed by atoms with Gasteiger partial charge in [0.15, 0.2) is 0 Å². The second-order valence-corrected chi connectivity index (χ2v) is 9.75. The van der Waals surface area contributed by atoms with Gasteiger partial charge in [-0.3, -0.25) is 0 Å². The lowest BCUT2D eigenvalue weighted by molar-refractivity contribution is 0.0600. The summed E-state index contributed by atoms with van der Waals surface area (Å²) in [5.74, 6) is 0.197. The van der Waals surface area contributed by atoms with Gasteiger partial charge in [0.1, 0.15) is 0 Å². The van der Waals surface area contributed by atoms with E-state index in [4.69, 9.17) is 11.6 Å². The maximum Gasteiger partial charge on any atom is 0.337 e. The van der Waals surface area contributed by atoms with Gasteiger partial charge in [0.05, 0.1) is 17.6 Å². The minimum absolute atomic E-state index is 0.167. The van der Waals surface area contributed by atoms with E-state index in [-0.39, 0.29) is 10.1 Å². The van der Waals surface area contributed by atoms with Crippen molar-refractivity contribution in [3.05, 3.63) is 64.7 Å². The van der Waals surface area contributed by atoms with Crippen molar-refractivity contribution < 1.29 is 17.9 Å². The van der Waals surface area contributed by atoms with Gasteiger partial charge >= 0.3 is 5.97 Å². The van der Waals surface area contributed by atoms with Crippen molar-refractivity contribution in [2.45, 2.75) is 16.6 Å². The number of benzene rings is 2. The molecule has 1 heterocycles. The van der Waals surface area contributed by atoms with E-state index in [1.165, 1.54) is 35.7 Å². The number of hydrogen-bond donors (Lipinski definition) is 0. The van der Waals surface area contributed by atoms with Crippen LogP contribution < -0.4 is 0 Å². The summed E-state index contributed by atoms with van der Waals surface area (Å²) in [7, 11) is -2.33. The highest BCUT2D eigenvalue weighted by molar-refractivity contribution is 7.99. The first-order valence-corrected chi connectivity index (χ1v) is 11.3. The summed E-state index contributed by atoms with van der Waals surface area (Å²) >= 11 is 8.03. The third-order valence-corrected chi connectivity index (χ3v) is 8.03.